The van der Waals surface area contributed by atoms with E-state index in [2.05, 4.69) is 5.43 Å². The van der Waals surface area contributed by atoms with Crippen LogP contribution in [0, 0.1) is 10.8 Å². The Bertz CT molecular complexity index is 481. The number of amides is 2. The van der Waals surface area contributed by atoms with Crippen molar-refractivity contribution >= 4 is 17.5 Å². The summed E-state index contributed by atoms with van der Waals surface area (Å²) in [4.78, 5) is 24.7. The summed E-state index contributed by atoms with van der Waals surface area (Å²) in [5.74, 6) is -0.347. The summed E-state index contributed by atoms with van der Waals surface area (Å²) >= 11 is 0. The van der Waals surface area contributed by atoms with Crippen LogP contribution in [0.15, 0.2) is 30.3 Å². The minimum atomic E-state index is -0.582. The second-order valence-corrected chi connectivity index (χ2v) is 6.92. The summed E-state index contributed by atoms with van der Waals surface area (Å²) in [6.45, 7) is 10.9. The van der Waals surface area contributed by atoms with Gasteiger partial charge < -0.3 is 0 Å². The summed E-state index contributed by atoms with van der Waals surface area (Å²) in [6, 6.07) is 9.14. The van der Waals surface area contributed by atoms with Crippen LogP contribution in [0.5, 0.6) is 0 Å². The highest BCUT2D eigenvalue weighted by Crippen LogP contribution is 2.23. The van der Waals surface area contributed by atoms with Crippen LogP contribution in [0.3, 0.4) is 0 Å². The maximum Gasteiger partial charge on any atom is 0.251 e. The van der Waals surface area contributed by atoms with Crippen LogP contribution in [0.4, 0.5) is 5.69 Å². The van der Waals surface area contributed by atoms with Crippen molar-refractivity contribution in [2.45, 2.75) is 41.5 Å². The summed E-state index contributed by atoms with van der Waals surface area (Å²) in [6.07, 6.45) is 0. The lowest BCUT2D eigenvalue weighted by Gasteiger charge is -2.31. The number of hydrogen-bond donors (Lipinski definition) is 1. The molecule has 0 heterocycles. The number of para-hydroxylation sites is 1. The molecule has 0 saturated carbocycles. The highest BCUT2D eigenvalue weighted by Gasteiger charge is 2.32. The highest BCUT2D eigenvalue weighted by molar-refractivity contribution is 5.99. The van der Waals surface area contributed by atoms with Gasteiger partial charge in [-0.05, 0) is 12.1 Å². The van der Waals surface area contributed by atoms with Gasteiger partial charge in [-0.25, -0.2) is 5.01 Å². The number of anilines is 1. The Balaban J connectivity index is 3.10. The Morgan fingerprint density at radius 3 is 1.80 bits per heavy atom. The zero-order valence-electron chi connectivity index (χ0n) is 13.2. The van der Waals surface area contributed by atoms with E-state index in [0.29, 0.717) is 5.69 Å². The standard InChI is InChI=1S/C16H24N2O2/c1-15(2,3)13(19)17-18(14(20)16(4,5)6)12-10-8-7-9-11-12/h7-11H,1-6H3,(H,17,19). The Kier molecular flexibility index (Phi) is 4.58. The predicted octanol–water partition coefficient (Wildman–Crippen LogP) is 3.14. The van der Waals surface area contributed by atoms with E-state index < -0.39 is 10.8 Å². The first-order chi connectivity index (χ1) is 9.03. The van der Waals surface area contributed by atoms with E-state index >= 15 is 0 Å². The Hall–Kier alpha value is -1.84. The molecular weight excluding hydrogens is 252 g/mol. The number of benzene rings is 1. The van der Waals surface area contributed by atoms with E-state index in [1.54, 1.807) is 12.1 Å². The molecule has 0 atom stereocenters. The van der Waals surface area contributed by atoms with Gasteiger partial charge in [0.2, 0.25) is 5.91 Å². The minimum Gasteiger partial charge on any atom is -0.273 e. The van der Waals surface area contributed by atoms with Crippen LogP contribution in [0.2, 0.25) is 0 Å². The molecular formula is C16H24N2O2. The largest absolute Gasteiger partial charge is 0.273 e. The van der Waals surface area contributed by atoms with E-state index in [4.69, 9.17) is 0 Å². The normalized spacial score (nSPS) is 11.9. The van der Waals surface area contributed by atoms with Gasteiger partial charge in [-0.15, -0.1) is 0 Å². The lowest BCUT2D eigenvalue weighted by molar-refractivity contribution is -0.133. The second kappa shape index (κ2) is 5.65. The molecule has 4 nitrogen and oxygen atoms in total. The molecule has 1 aromatic rings. The van der Waals surface area contributed by atoms with Gasteiger partial charge in [-0.2, -0.15) is 0 Å². The van der Waals surface area contributed by atoms with Crippen LogP contribution in [0.1, 0.15) is 41.5 Å². The molecule has 1 aromatic carbocycles. The third kappa shape index (κ3) is 4.08. The number of hydrogen-bond acceptors (Lipinski definition) is 2. The first-order valence-electron chi connectivity index (χ1n) is 6.74. The molecule has 0 spiro atoms. The monoisotopic (exact) mass is 276 g/mol. The number of hydrazine groups is 1. The van der Waals surface area contributed by atoms with Crippen molar-refractivity contribution in [2.24, 2.45) is 10.8 Å². The molecule has 4 heteroatoms. The number of carbonyl (C=O) groups is 2. The molecule has 20 heavy (non-hydrogen) atoms. The zero-order valence-corrected chi connectivity index (χ0v) is 13.2. The number of nitrogens with zero attached hydrogens (tertiary/aromatic N) is 1. The molecule has 0 saturated heterocycles. The molecule has 0 aliphatic carbocycles. The van der Waals surface area contributed by atoms with Gasteiger partial charge in [0.1, 0.15) is 0 Å². The van der Waals surface area contributed by atoms with Gasteiger partial charge in [0.15, 0.2) is 0 Å². The molecule has 0 radical (unpaired) electrons. The van der Waals surface area contributed by atoms with Crippen LogP contribution >= 0.6 is 0 Å². The van der Waals surface area contributed by atoms with Crippen molar-refractivity contribution in [3.8, 4) is 0 Å². The van der Waals surface area contributed by atoms with E-state index in [9.17, 15) is 9.59 Å². The molecule has 0 fully saturated rings. The lowest BCUT2D eigenvalue weighted by Crippen LogP contribution is -2.53. The van der Waals surface area contributed by atoms with Gasteiger partial charge in [0.05, 0.1) is 5.69 Å². The van der Waals surface area contributed by atoms with Gasteiger partial charge in [0, 0.05) is 10.8 Å². The first-order valence-corrected chi connectivity index (χ1v) is 6.74. The third-order valence-electron chi connectivity index (χ3n) is 2.75. The first kappa shape index (κ1) is 16.2. The fourth-order valence-corrected chi connectivity index (χ4v) is 1.41. The molecule has 2 amide bonds. The Morgan fingerprint density at radius 2 is 1.40 bits per heavy atom. The molecule has 0 aliphatic heterocycles. The third-order valence-corrected chi connectivity index (χ3v) is 2.75. The quantitative estimate of drug-likeness (QED) is 0.801. The average molecular weight is 276 g/mol. The van der Waals surface area contributed by atoms with Gasteiger partial charge in [-0.3, -0.25) is 15.0 Å². The smallest absolute Gasteiger partial charge is 0.251 e. The van der Waals surface area contributed by atoms with E-state index in [-0.39, 0.29) is 11.8 Å². The number of rotatable bonds is 1. The van der Waals surface area contributed by atoms with Crippen LogP contribution in [-0.4, -0.2) is 11.8 Å². The van der Waals surface area contributed by atoms with Gasteiger partial charge in [-0.1, -0.05) is 59.7 Å². The molecule has 0 unspecified atom stereocenters. The topological polar surface area (TPSA) is 49.4 Å². The molecule has 0 bridgehead atoms. The number of nitrogens with one attached hydrogen (secondary N) is 1. The summed E-state index contributed by atoms with van der Waals surface area (Å²) in [5.41, 5.74) is 2.24. The molecule has 1 rings (SSSR count). The Labute approximate surface area is 121 Å². The lowest BCUT2D eigenvalue weighted by atomic mass is 9.94. The highest BCUT2D eigenvalue weighted by atomic mass is 16.2. The summed E-state index contributed by atoms with van der Waals surface area (Å²) in [5, 5.41) is 1.34. The molecule has 110 valence electrons. The van der Waals surface area contributed by atoms with Crippen LogP contribution < -0.4 is 10.4 Å². The van der Waals surface area contributed by atoms with Crippen molar-refractivity contribution in [1.82, 2.24) is 5.43 Å². The number of carbonyl (C=O) groups excluding carboxylic acids is 2. The summed E-state index contributed by atoms with van der Waals surface area (Å²) in [7, 11) is 0. The SMILES string of the molecule is CC(C)(C)C(=O)NN(C(=O)C(C)(C)C)c1ccccc1. The van der Waals surface area contributed by atoms with E-state index in [0.717, 1.165) is 0 Å². The van der Waals surface area contributed by atoms with E-state index in [1.807, 2.05) is 59.7 Å². The molecule has 0 aliphatic rings. The van der Waals surface area contributed by atoms with Crippen molar-refractivity contribution in [1.29, 1.82) is 0 Å². The molecule has 0 aromatic heterocycles. The van der Waals surface area contributed by atoms with E-state index in [1.165, 1.54) is 5.01 Å². The maximum atomic E-state index is 12.5. The van der Waals surface area contributed by atoms with Gasteiger partial charge in [0.25, 0.3) is 5.91 Å². The maximum absolute atomic E-state index is 12.5. The second-order valence-electron chi connectivity index (χ2n) is 6.92. The predicted molar refractivity (Wildman–Crippen MR) is 81.0 cm³/mol. The summed E-state index contributed by atoms with van der Waals surface area (Å²) < 4.78 is 0. The van der Waals surface area contributed by atoms with Crippen LogP contribution in [-0.2, 0) is 9.59 Å². The minimum absolute atomic E-state index is 0.152. The Morgan fingerprint density at radius 1 is 0.900 bits per heavy atom. The van der Waals surface area contributed by atoms with Crippen molar-refractivity contribution < 1.29 is 9.59 Å². The zero-order chi connectivity index (χ0) is 15.6. The fraction of sp³-hybridized carbons (Fsp3) is 0.500. The van der Waals surface area contributed by atoms with Crippen molar-refractivity contribution in [3.63, 3.8) is 0 Å². The molecule has 1 N–H and O–H groups in total. The average Bonchev–Trinajstić information content (AvgIpc) is 2.33. The van der Waals surface area contributed by atoms with Crippen molar-refractivity contribution in [2.75, 3.05) is 5.01 Å². The van der Waals surface area contributed by atoms with Crippen molar-refractivity contribution in [3.05, 3.63) is 30.3 Å². The fourth-order valence-electron chi connectivity index (χ4n) is 1.41. The van der Waals surface area contributed by atoms with Crippen LogP contribution in [0.25, 0.3) is 0 Å². The van der Waals surface area contributed by atoms with Gasteiger partial charge >= 0.3 is 0 Å².